The Kier molecular flexibility index (Phi) is 3.89. The van der Waals surface area contributed by atoms with Crippen LogP contribution < -0.4 is 0 Å². The molecule has 0 rings (SSSR count). The van der Waals surface area contributed by atoms with Crippen molar-refractivity contribution in [2.75, 3.05) is 12.4 Å². The molecule has 0 atom stereocenters. The first-order chi connectivity index (χ1) is 3.27. The highest BCUT2D eigenvalue weighted by Gasteiger charge is 1.85. The molecule has 0 heterocycles. The minimum absolute atomic E-state index is 0.242. The molecule has 3 heteroatoms. The standard InChI is InChI=1S/C4H8O2S/c1-4(5)6-2-3-7/h7H,2-3H2,1H3. The van der Waals surface area contributed by atoms with Crippen molar-refractivity contribution >= 4 is 18.6 Å². The Morgan fingerprint density at radius 3 is 2.57 bits per heavy atom. The second-order valence-corrected chi connectivity index (χ2v) is 1.51. The van der Waals surface area contributed by atoms with Gasteiger partial charge in [0.05, 0.1) is 0 Å². The molecule has 0 saturated carbocycles. The molecule has 0 aliphatic carbocycles. The molecular formula is C4H8O2S. The Bertz CT molecular complexity index is 62.7. The summed E-state index contributed by atoms with van der Waals surface area (Å²) in [5, 5.41) is 0. The molecule has 0 unspecified atom stereocenters. The van der Waals surface area contributed by atoms with Gasteiger partial charge in [-0.3, -0.25) is 4.79 Å². The van der Waals surface area contributed by atoms with Gasteiger partial charge in [0.15, 0.2) is 0 Å². The Morgan fingerprint density at radius 2 is 2.43 bits per heavy atom. The fraction of sp³-hybridized carbons (Fsp3) is 0.750. The maximum Gasteiger partial charge on any atom is 0.302 e. The molecule has 0 aliphatic heterocycles. The highest BCUT2D eigenvalue weighted by molar-refractivity contribution is 7.80. The van der Waals surface area contributed by atoms with Crippen LogP contribution in [0.15, 0.2) is 0 Å². The summed E-state index contributed by atoms with van der Waals surface area (Å²) in [4.78, 5) is 9.95. The molecule has 7 heavy (non-hydrogen) atoms. The maximum atomic E-state index is 9.95. The van der Waals surface area contributed by atoms with Gasteiger partial charge in [-0.25, -0.2) is 0 Å². The van der Waals surface area contributed by atoms with E-state index in [1.165, 1.54) is 6.92 Å². The number of hydrogen-bond donors (Lipinski definition) is 1. The zero-order chi connectivity index (χ0) is 5.70. The van der Waals surface area contributed by atoms with Crippen molar-refractivity contribution in [3.8, 4) is 0 Å². The van der Waals surface area contributed by atoms with Gasteiger partial charge in [-0.2, -0.15) is 12.6 Å². The maximum absolute atomic E-state index is 9.95. The zero-order valence-corrected chi connectivity index (χ0v) is 5.07. The van der Waals surface area contributed by atoms with Gasteiger partial charge >= 0.3 is 5.97 Å². The van der Waals surface area contributed by atoms with Crippen LogP contribution in [0, 0.1) is 0 Å². The lowest BCUT2D eigenvalue weighted by atomic mass is 10.8. The van der Waals surface area contributed by atoms with Crippen molar-refractivity contribution in [1.82, 2.24) is 0 Å². The van der Waals surface area contributed by atoms with Gasteiger partial charge < -0.3 is 4.74 Å². The van der Waals surface area contributed by atoms with E-state index in [-0.39, 0.29) is 5.97 Å². The van der Waals surface area contributed by atoms with E-state index in [0.29, 0.717) is 12.4 Å². The lowest BCUT2D eigenvalue weighted by molar-refractivity contribution is -0.140. The van der Waals surface area contributed by atoms with Gasteiger partial charge in [-0.05, 0) is 0 Å². The summed E-state index contributed by atoms with van der Waals surface area (Å²) in [6.45, 7) is 1.79. The molecule has 0 bridgehead atoms. The molecule has 0 fully saturated rings. The highest BCUT2D eigenvalue weighted by atomic mass is 32.1. The molecule has 0 saturated heterocycles. The SMILES string of the molecule is CC(=O)OCCS. The van der Waals surface area contributed by atoms with E-state index >= 15 is 0 Å². The number of carbonyl (C=O) groups is 1. The van der Waals surface area contributed by atoms with E-state index in [4.69, 9.17) is 0 Å². The summed E-state index contributed by atoms with van der Waals surface area (Å²) in [7, 11) is 0. The topological polar surface area (TPSA) is 26.3 Å². The van der Waals surface area contributed by atoms with Crippen LogP contribution in [0.4, 0.5) is 0 Å². The highest BCUT2D eigenvalue weighted by Crippen LogP contribution is 1.77. The third kappa shape index (κ3) is 5.82. The molecule has 42 valence electrons. The summed E-state index contributed by atoms with van der Waals surface area (Å²) in [6.07, 6.45) is 0. The normalized spacial score (nSPS) is 8.29. The van der Waals surface area contributed by atoms with E-state index in [0.717, 1.165) is 0 Å². The van der Waals surface area contributed by atoms with Crippen LogP contribution >= 0.6 is 12.6 Å². The molecule has 0 radical (unpaired) electrons. The summed E-state index contributed by atoms with van der Waals surface area (Å²) in [6, 6.07) is 0. The summed E-state index contributed by atoms with van der Waals surface area (Å²) >= 11 is 3.82. The minimum atomic E-state index is -0.242. The van der Waals surface area contributed by atoms with Crippen molar-refractivity contribution in [3.05, 3.63) is 0 Å². The van der Waals surface area contributed by atoms with Gasteiger partial charge in [0.25, 0.3) is 0 Å². The lowest BCUT2D eigenvalue weighted by Crippen LogP contribution is -2.00. The van der Waals surface area contributed by atoms with Gasteiger partial charge in [-0.1, -0.05) is 0 Å². The summed E-state index contributed by atoms with van der Waals surface area (Å²) in [5.74, 6) is 0.355. The van der Waals surface area contributed by atoms with Crippen LogP contribution in [-0.4, -0.2) is 18.3 Å². The van der Waals surface area contributed by atoms with E-state index in [9.17, 15) is 4.79 Å². The summed E-state index contributed by atoms with van der Waals surface area (Å²) in [5.41, 5.74) is 0. The summed E-state index contributed by atoms with van der Waals surface area (Å²) < 4.78 is 4.48. The van der Waals surface area contributed by atoms with Crippen LogP contribution in [0.5, 0.6) is 0 Å². The first kappa shape index (κ1) is 6.82. The Morgan fingerprint density at radius 1 is 1.86 bits per heavy atom. The predicted molar refractivity (Wildman–Crippen MR) is 30.5 cm³/mol. The van der Waals surface area contributed by atoms with Gasteiger partial charge in [0.1, 0.15) is 6.61 Å². The third-order valence-corrected chi connectivity index (χ3v) is 0.579. The molecule has 0 aromatic carbocycles. The van der Waals surface area contributed by atoms with Crippen molar-refractivity contribution in [2.24, 2.45) is 0 Å². The molecule has 2 nitrogen and oxygen atoms in total. The molecule has 0 N–H and O–H groups in total. The quantitative estimate of drug-likeness (QED) is 0.423. The van der Waals surface area contributed by atoms with Crippen LogP contribution in [0.2, 0.25) is 0 Å². The molecule has 0 aliphatic rings. The van der Waals surface area contributed by atoms with E-state index in [1.54, 1.807) is 0 Å². The Labute approximate surface area is 48.3 Å². The van der Waals surface area contributed by atoms with Gasteiger partial charge in [0, 0.05) is 12.7 Å². The fourth-order valence-electron chi connectivity index (χ4n) is 0.189. The number of rotatable bonds is 2. The number of ether oxygens (including phenoxy) is 1. The predicted octanol–water partition coefficient (Wildman–Crippen LogP) is 0.479. The van der Waals surface area contributed by atoms with E-state index < -0.39 is 0 Å². The van der Waals surface area contributed by atoms with E-state index in [1.807, 2.05) is 0 Å². The molecule has 0 aromatic heterocycles. The first-order valence-corrected chi connectivity index (χ1v) is 2.65. The Hall–Kier alpha value is -0.180. The first-order valence-electron chi connectivity index (χ1n) is 2.01. The van der Waals surface area contributed by atoms with Crippen molar-refractivity contribution in [1.29, 1.82) is 0 Å². The van der Waals surface area contributed by atoms with Crippen LogP contribution in [0.25, 0.3) is 0 Å². The zero-order valence-electron chi connectivity index (χ0n) is 4.18. The minimum Gasteiger partial charge on any atom is -0.465 e. The fourth-order valence-corrected chi connectivity index (χ4v) is 0.281. The average Bonchev–Trinajstić information content (AvgIpc) is 1.61. The molecule has 0 spiro atoms. The number of hydrogen-bond acceptors (Lipinski definition) is 3. The number of carbonyl (C=O) groups excluding carboxylic acids is 1. The van der Waals surface area contributed by atoms with Crippen LogP contribution in [0.1, 0.15) is 6.92 Å². The second kappa shape index (κ2) is 3.99. The third-order valence-electron chi connectivity index (χ3n) is 0.397. The molecule has 0 amide bonds. The van der Waals surface area contributed by atoms with Gasteiger partial charge in [-0.15, -0.1) is 0 Å². The monoisotopic (exact) mass is 120 g/mol. The largest absolute Gasteiger partial charge is 0.465 e. The van der Waals surface area contributed by atoms with Gasteiger partial charge in [0.2, 0.25) is 0 Å². The molecule has 0 aromatic rings. The van der Waals surface area contributed by atoms with Crippen LogP contribution in [0.3, 0.4) is 0 Å². The van der Waals surface area contributed by atoms with Crippen molar-refractivity contribution < 1.29 is 9.53 Å². The molecular weight excluding hydrogens is 112 g/mol. The number of esters is 1. The van der Waals surface area contributed by atoms with Crippen molar-refractivity contribution in [3.63, 3.8) is 0 Å². The number of thiol groups is 1. The van der Waals surface area contributed by atoms with Crippen LogP contribution in [-0.2, 0) is 9.53 Å². The second-order valence-electron chi connectivity index (χ2n) is 1.06. The van der Waals surface area contributed by atoms with E-state index in [2.05, 4.69) is 17.4 Å². The smallest absolute Gasteiger partial charge is 0.302 e. The lowest BCUT2D eigenvalue weighted by Gasteiger charge is -1.93. The Balaban J connectivity index is 2.82. The average molecular weight is 120 g/mol. The van der Waals surface area contributed by atoms with Crippen molar-refractivity contribution in [2.45, 2.75) is 6.92 Å².